The summed E-state index contributed by atoms with van der Waals surface area (Å²) in [5.74, 6) is 0.634. The molecule has 1 N–H and O–H groups in total. The summed E-state index contributed by atoms with van der Waals surface area (Å²) in [5, 5.41) is 3.67. The molecule has 1 aliphatic rings. The van der Waals surface area contributed by atoms with Crippen molar-refractivity contribution < 1.29 is 4.79 Å². The van der Waals surface area contributed by atoms with Gasteiger partial charge in [-0.25, -0.2) is 4.98 Å². The number of carbonyl (C=O) groups excluding carboxylic acids is 1. The van der Waals surface area contributed by atoms with Crippen molar-refractivity contribution in [1.82, 2.24) is 9.55 Å². The van der Waals surface area contributed by atoms with Gasteiger partial charge in [-0.3, -0.25) is 14.2 Å². The lowest BCUT2D eigenvalue weighted by Gasteiger charge is -2.13. The number of unbranched alkanes of at least 4 members (excludes halogenated alkanes) is 1. The fraction of sp³-hybridized carbons (Fsp3) is 0.450. The van der Waals surface area contributed by atoms with Crippen LogP contribution in [0.1, 0.15) is 50.4 Å². The molecular formula is C20H25N3O2S. The van der Waals surface area contributed by atoms with E-state index in [2.05, 4.69) is 29.4 Å². The van der Waals surface area contributed by atoms with Crippen LogP contribution >= 0.6 is 11.8 Å². The first kappa shape index (κ1) is 18.7. The molecule has 0 spiro atoms. The highest BCUT2D eigenvalue weighted by Crippen LogP contribution is 2.32. The van der Waals surface area contributed by atoms with E-state index in [1.807, 2.05) is 19.1 Å². The molecule has 2 aromatic rings. The largest absolute Gasteiger partial charge is 0.326 e. The highest BCUT2D eigenvalue weighted by Gasteiger charge is 2.27. The fourth-order valence-electron chi connectivity index (χ4n) is 3.09. The number of rotatable bonds is 7. The fourth-order valence-corrected chi connectivity index (χ4v) is 4.26. The van der Waals surface area contributed by atoms with Gasteiger partial charge in [0.25, 0.3) is 5.56 Å². The van der Waals surface area contributed by atoms with Crippen LogP contribution in [-0.2, 0) is 17.6 Å². The molecule has 0 saturated heterocycles. The number of nitrogens with one attached hydrogen (secondary N) is 1. The predicted molar refractivity (Wildman–Crippen MR) is 106 cm³/mol. The topological polar surface area (TPSA) is 64.0 Å². The minimum atomic E-state index is -0.135. The van der Waals surface area contributed by atoms with Gasteiger partial charge in [0.15, 0.2) is 5.16 Å². The van der Waals surface area contributed by atoms with Crippen LogP contribution in [-0.4, -0.2) is 21.2 Å². The van der Waals surface area contributed by atoms with E-state index in [-0.39, 0.29) is 23.9 Å². The van der Waals surface area contributed by atoms with Crippen molar-refractivity contribution in [2.24, 2.45) is 0 Å². The summed E-state index contributed by atoms with van der Waals surface area (Å²) in [6, 6.07) is 9.46. The van der Waals surface area contributed by atoms with Gasteiger partial charge in [0.05, 0.1) is 6.04 Å². The lowest BCUT2D eigenvalue weighted by Crippen LogP contribution is -2.27. The summed E-state index contributed by atoms with van der Waals surface area (Å²) < 4.78 is 1.66. The van der Waals surface area contributed by atoms with Crippen molar-refractivity contribution in [1.29, 1.82) is 0 Å². The van der Waals surface area contributed by atoms with E-state index in [1.54, 1.807) is 22.4 Å². The second-order valence-corrected chi connectivity index (χ2v) is 7.60. The maximum Gasteiger partial charge on any atom is 0.254 e. The number of thioether (sulfide) groups is 1. The third-order valence-corrected chi connectivity index (χ3v) is 5.68. The average molecular weight is 372 g/mol. The van der Waals surface area contributed by atoms with Gasteiger partial charge in [-0.2, -0.15) is 0 Å². The van der Waals surface area contributed by atoms with Crippen LogP contribution in [0.2, 0.25) is 0 Å². The van der Waals surface area contributed by atoms with Gasteiger partial charge in [-0.1, -0.05) is 44.2 Å². The molecule has 6 heteroatoms. The van der Waals surface area contributed by atoms with E-state index in [9.17, 15) is 9.59 Å². The summed E-state index contributed by atoms with van der Waals surface area (Å²) in [5.41, 5.74) is 2.83. The first-order chi connectivity index (χ1) is 12.6. The van der Waals surface area contributed by atoms with Crippen molar-refractivity contribution in [3.8, 4) is 0 Å². The smallest absolute Gasteiger partial charge is 0.254 e. The molecular weight excluding hydrogens is 346 g/mol. The SMILES string of the molecule is CCCCc1ccc(NC(=O)CC2CSc3nc(CC)cc(=O)n32)cc1. The average Bonchev–Trinajstić information content (AvgIpc) is 3.04. The summed E-state index contributed by atoms with van der Waals surface area (Å²) in [7, 11) is 0. The van der Waals surface area contributed by atoms with E-state index in [4.69, 9.17) is 0 Å². The molecule has 26 heavy (non-hydrogen) atoms. The predicted octanol–water partition coefficient (Wildman–Crippen LogP) is 3.82. The molecule has 1 aromatic heterocycles. The second-order valence-electron chi connectivity index (χ2n) is 6.61. The van der Waals surface area contributed by atoms with E-state index < -0.39 is 0 Å². The Bertz CT molecular complexity index is 830. The standard InChI is InChI=1S/C20H25N3O2S/c1-3-5-6-14-7-9-16(10-8-14)21-18(24)12-17-13-26-20-22-15(4-2)11-19(25)23(17)20/h7-11,17H,3-6,12-13H2,1-2H3,(H,21,24). The molecule has 0 aliphatic carbocycles. The summed E-state index contributed by atoms with van der Waals surface area (Å²) in [6.07, 6.45) is 4.44. The molecule has 5 nitrogen and oxygen atoms in total. The molecule has 1 unspecified atom stereocenters. The van der Waals surface area contributed by atoms with Gasteiger partial charge >= 0.3 is 0 Å². The monoisotopic (exact) mass is 371 g/mol. The third kappa shape index (κ3) is 4.36. The Morgan fingerprint density at radius 3 is 2.77 bits per heavy atom. The molecule has 0 saturated carbocycles. The van der Waals surface area contributed by atoms with Crippen molar-refractivity contribution in [2.45, 2.75) is 57.1 Å². The Labute approximate surface area is 158 Å². The summed E-state index contributed by atoms with van der Waals surface area (Å²) in [4.78, 5) is 29.3. The van der Waals surface area contributed by atoms with Gasteiger partial charge in [0.2, 0.25) is 5.91 Å². The van der Waals surface area contributed by atoms with Crippen LogP contribution in [0, 0.1) is 0 Å². The number of aryl methyl sites for hydroxylation is 2. The Balaban J connectivity index is 1.63. The minimum absolute atomic E-state index is 0.0603. The Morgan fingerprint density at radius 1 is 1.31 bits per heavy atom. The Morgan fingerprint density at radius 2 is 2.08 bits per heavy atom. The number of hydrogen-bond donors (Lipinski definition) is 1. The number of anilines is 1. The molecule has 1 aromatic carbocycles. The third-order valence-electron chi connectivity index (χ3n) is 4.58. The first-order valence-electron chi connectivity index (χ1n) is 9.24. The number of carbonyl (C=O) groups is 1. The van der Waals surface area contributed by atoms with Gasteiger partial charge in [0, 0.05) is 29.6 Å². The molecule has 138 valence electrons. The van der Waals surface area contributed by atoms with Gasteiger partial charge in [0.1, 0.15) is 0 Å². The number of fused-ring (bicyclic) bond motifs is 1. The highest BCUT2D eigenvalue weighted by molar-refractivity contribution is 7.99. The van der Waals surface area contributed by atoms with Crippen molar-refractivity contribution >= 4 is 23.4 Å². The first-order valence-corrected chi connectivity index (χ1v) is 10.2. The zero-order valence-corrected chi connectivity index (χ0v) is 16.1. The summed E-state index contributed by atoms with van der Waals surface area (Å²) in [6.45, 7) is 4.16. The zero-order chi connectivity index (χ0) is 18.5. The molecule has 0 fully saturated rings. The van der Waals surface area contributed by atoms with Gasteiger partial charge < -0.3 is 5.32 Å². The van der Waals surface area contributed by atoms with Gasteiger partial charge in [-0.15, -0.1) is 0 Å². The maximum absolute atomic E-state index is 12.4. The number of hydrogen-bond acceptors (Lipinski definition) is 4. The molecule has 0 radical (unpaired) electrons. The number of amides is 1. The van der Waals surface area contributed by atoms with E-state index >= 15 is 0 Å². The Kier molecular flexibility index (Phi) is 6.14. The number of benzene rings is 1. The van der Waals surface area contributed by atoms with E-state index in [0.717, 1.165) is 29.4 Å². The van der Waals surface area contributed by atoms with Crippen molar-refractivity contribution in [3.63, 3.8) is 0 Å². The molecule has 1 amide bonds. The van der Waals surface area contributed by atoms with Gasteiger partial charge in [-0.05, 0) is 37.0 Å². The van der Waals surface area contributed by atoms with Crippen LogP contribution in [0.4, 0.5) is 5.69 Å². The van der Waals surface area contributed by atoms with Crippen molar-refractivity contribution in [3.05, 3.63) is 51.9 Å². The van der Waals surface area contributed by atoms with E-state index in [0.29, 0.717) is 5.75 Å². The molecule has 2 heterocycles. The van der Waals surface area contributed by atoms with Crippen molar-refractivity contribution in [2.75, 3.05) is 11.1 Å². The lowest BCUT2D eigenvalue weighted by atomic mass is 10.1. The summed E-state index contributed by atoms with van der Waals surface area (Å²) >= 11 is 1.55. The van der Waals surface area contributed by atoms with Crippen LogP contribution in [0.5, 0.6) is 0 Å². The van der Waals surface area contributed by atoms with E-state index in [1.165, 1.54) is 18.4 Å². The lowest BCUT2D eigenvalue weighted by molar-refractivity contribution is -0.116. The maximum atomic E-state index is 12.4. The Hall–Kier alpha value is -2.08. The molecule has 1 atom stereocenters. The number of nitrogens with zero attached hydrogens (tertiary/aromatic N) is 2. The number of aromatic nitrogens is 2. The zero-order valence-electron chi connectivity index (χ0n) is 15.3. The molecule has 0 bridgehead atoms. The van der Waals surface area contributed by atoms with Crippen LogP contribution in [0.3, 0.4) is 0 Å². The highest BCUT2D eigenvalue weighted by atomic mass is 32.2. The van der Waals surface area contributed by atoms with Crippen LogP contribution in [0.15, 0.2) is 40.3 Å². The molecule has 1 aliphatic heterocycles. The molecule has 3 rings (SSSR count). The quantitative estimate of drug-likeness (QED) is 0.752. The minimum Gasteiger partial charge on any atom is -0.326 e. The van der Waals surface area contributed by atoms with Crippen LogP contribution < -0.4 is 10.9 Å². The second kappa shape index (κ2) is 8.54. The normalized spacial score (nSPS) is 15.7. The van der Waals surface area contributed by atoms with Crippen LogP contribution in [0.25, 0.3) is 0 Å².